The Kier molecular flexibility index (Phi) is 24.5. The zero-order valence-corrected chi connectivity index (χ0v) is 47.9. The van der Waals surface area contributed by atoms with Crippen molar-refractivity contribution in [1.82, 2.24) is 73.0 Å². The van der Waals surface area contributed by atoms with Crippen molar-refractivity contribution in [2.75, 3.05) is 31.1 Å². The first kappa shape index (κ1) is 65.0. The Balaban J connectivity index is 1.37. The van der Waals surface area contributed by atoms with Crippen molar-refractivity contribution >= 4 is 109 Å². The molecule has 19 N–H and O–H groups in total. The Morgan fingerprint density at radius 2 is 1.21 bits per heavy atom. The van der Waals surface area contributed by atoms with Crippen LogP contribution in [-0.2, 0) is 67.2 Å². The fourth-order valence-corrected chi connectivity index (χ4v) is 11.5. The molecule has 4 aromatic rings. The number of carbonyl (C=O) groups excluding carboxylic acids is 10. The van der Waals surface area contributed by atoms with E-state index in [-0.39, 0.29) is 75.0 Å². The predicted octanol–water partition coefficient (Wildman–Crippen LogP) is -2.39. The zero-order chi connectivity index (χ0) is 61.6. The quantitative estimate of drug-likeness (QED) is 0.0136. The van der Waals surface area contributed by atoms with E-state index in [1.54, 1.807) is 48.7 Å². The number of guanidine groups is 2. The number of hydrogen-bond acceptors (Lipinski definition) is 16. The van der Waals surface area contributed by atoms with Crippen LogP contribution in [0.5, 0.6) is 0 Å². The van der Waals surface area contributed by atoms with E-state index in [2.05, 4.69) is 68.1 Å². The fourth-order valence-electron chi connectivity index (χ4n) is 9.09. The topological polar surface area (TPSA) is 476 Å². The van der Waals surface area contributed by atoms with Gasteiger partial charge in [-0.2, -0.15) is 0 Å². The summed E-state index contributed by atoms with van der Waals surface area (Å²) in [7, 11) is 1.92. The Morgan fingerprint density at radius 3 is 1.84 bits per heavy atom. The number of benzene rings is 2. The van der Waals surface area contributed by atoms with Crippen molar-refractivity contribution in [3.8, 4) is 0 Å². The van der Waals surface area contributed by atoms with E-state index in [0.29, 0.717) is 28.1 Å². The minimum Gasteiger partial charge on any atom is -0.481 e. The van der Waals surface area contributed by atoms with Gasteiger partial charge in [-0.15, -0.1) is 0 Å². The summed E-state index contributed by atoms with van der Waals surface area (Å²) >= 11 is 0. The number of aromatic nitrogens is 3. The van der Waals surface area contributed by atoms with Gasteiger partial charge in [-0.25, -0.2) is 9.78 Å². The number of carboxylic acid groups (broad SMARTS) is 1. The second kappa shape index (κ2) is 32.0. The molecular weight excluding hydrogens is 1140 g/mol. The van der Waals surface area contributed by atoms with Crippen molar-refractivity contribution in [2.24, 2.45) is 11.5 Å². The van der Waals surface area contributed by atoms with Gasteiger partial charge in [0.2, 0.25) is 41.4 Å². The molecule has 2 aliphatic heterocycles. The van der Waals surface area contributed by atoms with E-state index in [1.165, 1.54) is 19.4 Å². The van der Waals surface area contributed by atoms with Crippen molar-refractivity contribution in [2.45, 2.75) is 113 Å². The van der Waals surface area contributed by atoms with Crippen molar-refractivity contribution in [1.29, 1.82) is 10.8 Å². The third-order valence-corrected chi connectivity index (χ3v) is 16.0. The number of rotatable bonds is 21. The highest BCUT2D eigenvalue weighted by atomic mass is 33.1. The SMILES string of the molecule is CC(=O)[C@@H]1CSSC[C@H](NC(=O)CN2C(=O)N[C@@H](CCCNC(=N)N)C2=O)C(=O)N[C@@H](CCC(=O)O)C(=O)N[C@@H](Cc2cnc[nH]2)C(=O)N[C@H](Cc2ccccc2)C(=O)N[C@@H](CCCNC(=N)N)C(=O)N[C@@H](Cc2c[nH]c3ccccc23)C(=O)N1. The number of H-pyrrole nitrogens is 2. The number of aliphatic carboxylic acids is 1. The van der Waals surface area contributed by atoms with Gasteiger partial charge in [0.25, 0.3) is 5.91 Å². The normalized spacial score (nSPS) is 22.3. The van der Waals surface area contributed by atoms with E-state index in [9.17, 15) is 57.8 Å². The van der Waals surface area contributed by atoms with Crippen LogP contribution in [0.15, 0.2) is 73.3 Å². The van der Waals surface area contributed by atoms with Crippen LogP contribution in [0.25, 0.3) is 10.9 Å². The summed E-state index contributed by atoms with van der Waals surface area (Å²) in [5.41, 5.74) is 13.1. The van der Waals surface area contributed by atoms with Crippen molar-refractivity contribution < 1.29 is 57.8 Å². The lowest BCUT2D eigenvalue weighted by atomic mass is 10.0. The molecule has 0 unspecified atom stereocenters. The van der Waals surface area contributed by atoms with Gasteiger partial charge in [-0.05, 0) is 56.2 Å². The molecule has 0 bridgehead atoms. The largest absolute Gasteiger partial charge is 0.481 e. The Bertz CT molecular complexity index is 3080. The standard InChI is InChI=1S/C53H70N18O12S2/c1-28(72)40-25-84-85-26-41(63-42(73)24-71-50(82)36(70-53(71)83)14-8-18-60-52(56)57)49(81)65-35(15-16-43(74)75)45(77)68-39(21-31-23-58-27-62-31)48(80)66-37(19-29-9-3-2-4-10-29)46(78)64-34(13-7-17-59-51(54)55)44(76)67-38(47(79)69-40)20-30-22-61-33-12-6-5-11-32(30)33/h2-6,9-12,22-23,27,34-41,61H,7-8,13-21,24-26H2,1H3,(H,58,62)(H,63,73)(H,64,78)(H,65,81)(H,66,80)(H,67,76)(H,68,77)(H,69,79)(H,70,83)(H,74,75)(H4,54,55,59)(H4,56,57,60)/t34-,35-,36-,37+,38-,39-,40-,41-/m0/s1. The maximum Gasteiger partial charge on any atom is 0.325 e. The molecule has 0 spiro atoms. The minimum absolute atomic E-state index is 0.0902. The monoisotopic (exact) mass is 1210 g/mol. The lowest BCUT2D eigenvalue weighted by Gasteiger charge is -2.28. The summed E-state index contributed by atoms with van der Waals surface area (Å²) in [6.07, 6.45) is 3.02. The highest BCUT2D eigenvalue weighted by Crippen LogP contribution is 2.25. The second-order valence-electron chi connectivity index (χ2n) is 20.0. The summed E-state index contributed by atoms with van der Waals surface area (Å²) in [4.78, 5) is 164. The number of hydrogen-bond donors (Lipinski definition) is 17. The summed E-state index contributed by atoms with van der Waals surface area (Å²) in [5.74, 6) is -10.3. The summed E-state index contributed by atoms with van der Waals surface area (Å²) in [6.45, 7) is 0.668. The van der Waals surface area contributed by atoms with Crippen LogP contribution in [0.4, 0.5) is 4.79 Å². The first-order chi connectivity index (χ1) is 40.6. The van der Waals surface area contributed by atoms with E-state index in [1.807, 2.05) is 12.1 Å². The predicted molar refractivity (Wildman–Crippen MR) is 313 cm³/mol. The number of aromatic amines is 2. The molecule has 32 heteroatoms. The van der Waals surface area contributed by atoms with Gasteiger partial charge in [0.1, 0.15) is 48.8 Å². The third kappa shape index (κ3) is 20.3. The summed E-state index contributed by atoms with van der Waals surface area (Å²) in [5, 5.41) is 51.7. The Hall–Kier alpha value is -9.20. The summed E-state index contributed by atoms with van der Waals surface area (Å²) < 4.78 is 0. The third-order valence-electron chi connectivity index (χ3n) is 13.6. The number of carbonyl (C=O) groups is 11. The molecule has 2 aromatic carbocycles. The number of Topliss-reactive ketones (excluding diaryl/α,β-unsaturated/α-hetero) is 1. The van der Waals surface area contributed by atoms with Gasteiger partial charge in [0, 0.05) is 79.3 Å². The molecule has 6 rings (SSSR count). The summed E-state index contributed by atoms with van der Waals surface area (Å²) in [6, 6.07) is 3.42. The molecule has 4 heterocycles. The smallest absolute Gasteiger partial charge is 0.325 e. The highest BCUT2D eigenvalue weighted by molar-refractivity contribution is 8.76. The number of nitrogens with two attached hydrogens (primary N) is 2. The van der Waals surface area contributed by atoms with Crippen LogP contribution in [0.1, 0.15) is 62.3 Å². The lowest BCUT2D eigenvalue weighted by Crippen LogP contribution is -2.61. The number of imidazole rings is 1. The molecular formula is C53H70N18O12S2. The molecule has 30 nitrogen and oxygen atoms in total. The van der Waals surface area contributed by atoms with Gasteiger partial charge >= 0.3 is 12.0 Å². The molecule has 456 valence electrons. The van der Waals surface area contributed by atoms with Gasteiger partial charge in [-0.1, -0.05) is 70.1 Å². The molecule has 85 heavy (non-hydrogen) atoms. The van der Waals surface area contributed by atoms with Crippen LogP contribution >= 0.6 is 21.6 Å². The molecule has 0 saturated carbocycles. The van der Waals surface area contributed by atoms with Crippen molar-refractivity contribution in [3.63, 3.8) is 0 Å². The van der Waals surface area contributed by atoms with E-state index in [4.69, 9.17) is 22.3 Å². The molecule has 8 atom stereocenters. The number of amides is 10. The molecule has 0 aliphatic carbocycles. The first-order valence-electron chi connectivity index (χ1n) is 27.1. The van der Waals surface area contributed by atoms with Crippen LogP contribution in [0.3, 0.4) is 0 Å². The average molecular weight is 1220 g/mol. The Morgan fingerprint density at radius 1 is 0.659 bits per heavy atom. The number of fused-ring (bicyclic) bond motifs is 1. The minimum atomic E-state index is -1.71. The first-order valence-corrected chi connectivity index (χ1v) is 29.6. The van der Waals surface area contributed by atoms with Crippen LogP contribution in [-0.4, -0.2) is 181 Å². The van der Waals surface area contributed by atoms with E-state index < -0.39 is 133 Å². The van der Waals surface area contributed by atoms with Gasteiger partial charge in [-0.3, -0.25) is 63.7 Å². The average Bonchev–Trinajstić information content (AvgIpc) is 3.92. The molecule has 2 fully saturated rings. The number of imide groups is 1. The number of ketones is 1. The number of para-hydroxylation sites is 1. The number of nitrogens with one attached hydrogen (secondary N) is 14. The van der Waals surface area contributed by atoms with E-state index >= 15 is 0 Å². The zero-order valence-electron chi connectivity index (χ0n) is 46.3. The maximum atomic E-state index is 14.8. The second-order valence-corrected chi connectivity index (χ2v) is 22.6. The molecule has 2 aliphatic rings. The van der Waals surface area contributed by atoms with Crippen molar-refractivity contribution in [3.05, 3.63) is 90.1 Å². The molecule has 10 amide bonds. The van der Waals surface area contributed by atoms with Crippen LogP contribution in [0.2, 0.25) is 0 Å². The number of carboxylic acids is 1. The number of nitrogens with zero attached hydrogens (tertiary/aromatic N) is 2. The van der Waals surface area contributed by atoms with Gasteiger partial charge in [0.05, 0.1) is 12.4 Å². The lowest BCUT2D eigenvalue weighted by molar-refractivity contribution is -0.138. The van der Waals surface area contributed by atoms with E-state index in [0.717, 1.165) is 32.5 Å². The fraction of sp³-hybridized carbons (Fsp3) is 0.434. The maximum absolute atomic E-state index is 14.8. The highest BCUT2D eigenvalue weighted by Gasteiger charge is 2.40. The van der Waals surface area contributed by atoms with Gasteiger partial charge < -0.3 is 79.7 Å². The Labute approximate surface area is 495 Å². The molecule has 2 saturated heterocycles. The van der Waals surface area contributed by atoms with Crippen LogP contribution in [0, 0.1) is 10.8 Å². The molecule has 2 aromatic heterocycles. The van der Waals surface area contributed by atoms with Crippen LogP contribution < -0.4 is 64.6 Å². The van der Waals surface area contributed by atoms with Gasteiger partial charge in [0.15, 0.2) is 17.7 Å². The molecule has 0 radical (unpaired) electrons. The number of urea groups is 1.